The van der Waals surface area contributed by atoms with Gasteiger partial charge in [0.1, 0.15) is 11.5 Å². The van der Waals surface area contributed by atoms with Crippen LogP contribution in [0.4, 0.5) is 19.9 Å². The molecular weight excluding hydrogens is 706 g/mol. The third kappa shape index (κ3) is 9.69. The van der Waals surface area contributed by atoms with Crippen molar-refractivity contribution in [2.24, 2.45) is 5.92 Å². The lowest BCUT2D eigenvalue weighted by molar-refractivity contribution is 0.0838. The molecule has 3 saturated heterocycles. The number of H-pyrrole nitrogens is 1. The molecule has 3 aliphatic heterocycles. The van der Waals surface area contributed by atoms with Crippen molar-refractivity contribution in [2.45, 2.75) is 50.7 Å². The Morgan fingerprint density at radius 2 is 1.65 bits per heavy atom. The van der Waals surface area contributed by atoms with Gasteiger partial charge in [0.15, 0.2) is 0 Å². The molecule has 0 spiro atoms. The van der Waals surface area contributed by atoms with E-state index in [1.54, 1.807) is 17.0 Å². The van der Waals surface area contributed by atoms with E-state index in [1.807, 2.05) is 36.4 Å². The average Bonchev–Trinajstić information content (AvgIpc) is 3.18. The molecule has 12 heteroatoms. The fraction of sp³-hybridized carbons (Fsp3) is 0.349. The second kappa shape index (κ2) is 18.8. The van der Waals surface area contributed by atoms with Crippen molar-refractivity contribution in [2.75, 3.05) is 44.2 Å². The summed E-state index contributed by atoms with van der Waals surface area (Å²) in [6.07, 6.45) is 3.92. The maximum absolute atomic E-state index is 12.8. The second-order valence-electron chi connectivity index (χ2n) is 14.3. The predicted molar refractivity (Wildman–Crippen MR) is 213 cm³/mol. The Morgan fingerprint density at radius 1 is 0.909 bits per heavy atom. The summed E-state index contributed by atoms with van der Waals surface area (Å²) in [6, 6.07) is 30.6. The number of benzene rings is 4. The molecule has 8 rings (SSSR count). The summed E-state index contributed by atoms with van der Waals surface area (Å²) in [4.78, 5) is 31.1. The van der Waals surface area contributed by atoms with Crippen molar-refractivity contribution in [3.8, 4) is 22.6 Å². The SMILES string of the molecule is F.F.O=C(O)N(c1ccc(CCCCOc2ccc(CCNC[C@H](O)c3ccc(O)c4[nH]c(=O)ccc34)cc2)cc1-c1ccccc1)C1CN2CCC1CC2. The second-order valence-corrected chi connectivity index (χ2v) is 14.3. The minimum Gasteiger partial charge on any atom is -0.506 e. The van der Waals surface area contributed by atoms with Crippen molar-refractivity contribution in [1.29, 1.82) is 0 Å². The first-order valence-corrected chi connectivity index (χ1v) is 18.7. The number of halogens is 2. The number of amides is 1. The summed E-state index contributed by atoms with van der Waals surface area (Å²) >= 11 is 0. The first-order chi connectivity index (χ1) is 25.8. The number of carbonyl (C=O) groups is 1. The highest BCUT2D eigenvalue weighted by molar-refractivity contribution is 5.94. The Labute approximate surface area is 319 Å². The van der Waals surface area contributed by atoms with E-state index in [2.05, 4.69) is 51.6 Å². The van der Waals surface area contributed by atoms with Crippen LogP contribution in [0.25, 0.3) is 22.0 Å². The number of aromatic hydroxyl groups is 1. The van der Waals surface area contributed by atoms with Gasteiger partial charge in [0.05, 0.1) is 30.0 Å². The van der Waals surface area contributed by atoms with Crippen LogP contribution in [-0.2, 0) is 12.8 Å². The number of hydrogen-bond acceptors (Lipinski definition) is 7. The van der Waals surface area contributed by atoms with Gasteiger partial charge in [-0.05, 0) is 123 Å². The molecule has 0 radical (unpaired) electrons. The number of fused-ring (bicyclic) bond motifs is 4. The van der Waals surface area contributed by atoms with Crippen LogP contribution in [0.1, 0.15) is 48.5 Å². The van der Waals surface area contributed by atoms with E-state index in [0.717, 1.165) is 86.3 Å². The van der Waals surface area contributed by atoms with E-state index >= 15 is 0 Å². The van der Waals surface area contributed by atoms with Crippen LogP contribution in [0.15, 0.2) is 102 Å². The first-order valence-electron chi connectivity index (χ1n) is 18.7. The van der Waals surface area contributed by atoms with E-state index in [0.29, 0.717) is 42.1 Å². The lowest BCUT2D eigenvalue weighted by atomic mass is 9.82. The molecule has 1 amide bonds. The van der Waals surface area contributed by atoms with Gasteiger partial charge < -0.3 is 35.3 Å². The van der Waals surface area contributed by atoms with Gasteiger partial charge >= 0.3 is 6.09 Å². The maximum atomic E-state index is 12.8. The molecule has 10 nitrogen and oxygen atoms in total. The molecule has 5 N–H and O–H groups in total. The van der Waals surface area contributed by atoms with Crippen molar-refractivity contribution in [3.63, 3.8) is 0 Å². The van der Waals surface area contributed by atoms with Crippen molar-refractivity contribution in [1.82, 2.24) is 15.2 Å². The smallest absolute Gasteiger partial charge is 0.412 e. The number of carboxylic acid groups (broad SMARTS) is 1. The Kier molecular flexibility index (Phi) is 14.0. The molecule has 292 valence electrons. The standard InChI is InChI=1S/C43H48N4O6.2FH/c48-39-17-14-34(35-15-18-41(50)45-42(35)39)40(49)27-44-22-19-29-9-12-33(13-10-29)53-25-5-4-6-30-11-16-37(36(26-30)31-7-2-1-3-8-31)47(43(51)52)38-28-46-23-20-32(38)21-24-46;;/h1-3,7-18,26,32,38,40,44,48-49H,4-6,19-25,27-28H2,(H,45,50)(H,51,52);2*1H/t38?,40-;;/m0../s1. The van der Waals surface area contributed by atoms with Crippen LogP contribution < -0.4 is 20.5 Å². The van der Waals surface area contributed by atoms with Crippen molar-refractivity contribution >= 4 is 22.7 Å². The number of aryl methyl sites for hydroxylation is 1. The zero-order valence-electron chi connectivity index (χ0n) is 30.7. The van der Waals surface area contributed by atoms with E-state index in [4.69, 9.17) is 4.74 Å². The summed E-state index contributed by atoms with van der Waals surface area (Å²) in [5.41, 5.74) is 5.76. The molecule has 5 aromatic rings. The van der Waals surface area contributed by atoms with Crippen LogP contribution in [0.5, 0.6) is 11.5 Å². The minimum atomic E-state index is -0.882. The molecular formula is C43H50F2N4O6. The van der Waals surface area contributed by atoms with E-state index in [-0.39, 0.29) is 26.8 Å². The van der Waals surface area contributed by atoms with Gasteiger partial charge in [-0.2, -0.15) is 0 Å². The third-order valence-corrected chi connectivity index (χ3v) is 10.8. The molecule has 55 heavy (non-hydrogen) atoms. The molecule has 2 atom stereocenters. The zero-order chi connectivity index (χ0) is 36.7. The average molecular weight is 757 g/mol. The number of aromatic nitrogens is 1. The molecule has 4 aromatic carbocycles. The van der Waals surface area contributed by atoms with Crippen LogP contribution in [0.2, 0.25) is 0 Å². The van der Waals surface area contributed by atoms with Gasteiger partial charge in [0, 0.05) is 30.1 Å². The minimum absolute atomic E-state index is 0. The van der Waals surface area contributed by atoms with Crippen LogP contribution in [0, 0.1) is 5.92 Å². The largest absolute Gasteiger partial charge is 0.506 e. The number of phenolic OH excluding ortho intramolecular Hbond substituents is 1. The highest BCUT2D eigenvalue weighted by atomic mass is 19.0. The fourth-order valence-corrected chi connectivity index (χ4v) is 7.95. The number of nitrogens with one attached hydrogen (secondary N) is 2. The lowest BCUT2D eigenvalue weighted by Gasteiger charge is -2.48. The normalized spacial score (nSPS) is 17.9. The van der Waals surface area contributed by atoms with Gasteiger partial charge in [0.2, 0.25) is 5.56 Å². The van der Waals surface area contributed by atoms with Gasteiger partial charge in [-0.1, -0.05) is 54.6 Å². The predicted octanol–water partition coefficient (Wildman–Crippen LogP) is 7.05. The monoisotopic (exact) mass is 756 g/mol. The quantitative estimate of drug-likeness (QED) is 0.0717. The molecule has 3 fully saturated rings. The third-order valence-electron chi connectivity index (χ3n) is 10.8. The Bertz CT molecular complexity index is 2070. The number of piperidine rings is 3. The summed E-state index contributed by atoms with van der Waals surface area (Å²) in [5.74, 6) is 1.19. The van der Waals surface area contributed by atoms with E-state index in [1.165, 1.54) is 17.7 Å². The molecule has 1 aromatic heterocycles. The van der Waals surface area contributed by atoms with Gasteiger partial charge in [-0.25, -0.2) is 4.79 Å². The van der Waals surface area contributed by atoms with E-state index in [9.17, 15) is 24.9 Å². The Balaban J connectivity index is 0.00000290. The number of aromatic amines is 1. The molecule has 4 heterocycles. The topological polar surface area (TPSA) is 138 Å². The number of aliphatic hydroxyl groups excluding tert-OH is 1. The Morgan fingerprint density at radius 3 is 2.36 bits per heavy atom. The fourth-order valence-electron chi connectivity index (χ4n) is 7.95. The van der Waals surface area contributed by atoms with Crippen molar-refractivity contribution in [3.05, 3.63) is 124 Å². The molecule has 1 unspecified atom stereocenters. The summed E-state index contributed by atoms with van der Waals surface area (Å²) in [7, 11) is 0. The van der Waals surface area contributed by atoms with Crippen LogP contribution in [0.3, 0.4) is 0 Å². The van der Waals surface area contributed by atoms with Gasteiger partial charge in [-0.15, -0.1) is 0 Å². The summed E-state index contributed by atoms with van der Waals surface area (Å²) < 4.78 is 6.05. The molecule has 3 aliphatic rings. The lowest BCUT2D eigenvalue weighted by Crippen LogP contribution is -2.58. The maximum Gasteiger partial charge on any atom is 0.412 e. The van der Waals surface area contributed by atoms with Crippen LogP contribution in [-0.4, -0.2) is 76.7 Å². The number of aliphatic hydroxyl groups is 1. The number of nitrogens with zero attached hydrogens (tertiary/aromatic N) is 2. The molecule has 0 saturated carbocycles. The summed E-state index contributed by atoms with van der Waals surface area (Å²) in [6.45, 7) is 4.53. The Hall–Kier alpha value is -5.30. The number of unbranched alkanes of at least 4 members (excludes halogenated alkanes) is 1. The number of hydrogen-bond donors (Lipinski definition) is 5. The zero-order valence-corrected chi connectivity index (χ0v) is 30.7. The molecule has 0 aliphatic carbocycles. The summed E-state index contributed by atoms with van der Waals surface area (Å²) in [5, 5.41) is 35.3. The number of rotatable bonds is 15. The van der Waals surface area contributed by atoms with Crippen molar-refractivity contribution < 1.29 is 34.3 Å². The highest BCUT2D eigenvalue weighted by Gasteiger charge is 2.40. The van der Waals surface area contributed by atoms with E-state index < -0.39 is 12.2 Å². The van der Waals surface area contributed by atoms with Gasteiger partial charge in [0.25, 0.3) is 0 Å². The number of pyridine rings is 1. The van der Waals surface area contributed by atoms with Gasteiger partial charge in [-0.3, -0.25) is 19.1 Å². The first kappa shape index (κ1) is 40.9. The number of ether oxygens (including phenoxy) is 1. The molecule has 2 bridgehead atoms. The highest BCUT2D eigenvalue weighted by Crippen LogP contribution is 2.39. The van der Waals surface area contributed by atoms with Crippen LogP contribution >= 0.6 is 0 Å². The number of anilines is 1. The number of phenols is 1.